The molecule has 0 aromatic carbocycles. The maximum Gasteiger partial charge on any atom is 0.248 e. The molecular weight excluding hydrogens is 218 g/mol. The van der Waals surface area contributed by atoms with Crippen LogP contribution in [0.1, 0.15) is 48.5 Å². The van der Waals surface area contributed by atoms with Gasteiger partial charge >= 0.3 is 0 Å². The molecule has 1 unspecified atom stereocenters. The molecule has 1 aliphatic carbocycles. The van der Waals surface area contributed by atoms with E-state index in [1.807, 2.05) is 13.2 Å². The molecule has 0 radical (unpaired) electrons. The molecule has 0 spiro atoms. The van der Waals surface area contributed by atoms with Gasteiger partial charge in [0.25, 0.3) is 0 Å². The van der Waals surface area contributed by atoms with Gasteiger partial charge < -0.3 is 10.3 Å². The summed E-state index contributed by atoms with van der Waals surface area (Å²) in [5.41, 5.74) is 6.94. The quantitative estimate of drug-likeness (QED) is 0.858. The van der Waals surface area contributed by atoms with Crippen molar-refractivity contribution in [1.82, 2.24) is 19.9 Å². The minimum atomic E-state index is -0.384. The molecule has 6 heteroatoms. The second-order valence-electron chi connectivity index (χ2n) is 4.54. The van der Waals surface area contributed by atoms with E-state index >= 15 is 0 Å². The van der Waals surface area contributed by atoms with Gasteiger partial charge in [0.05, 0.1) is 6.20 Å². The second-order valence-corrected chi connectivity index (χ2v) is 4.54. The van der Waals surface area contributed by atoms with Crippen LogP contribution in [0.25, 0.3) is 0 Å². The number of aromatic nitrogens is 4. The van der Waals surface area contributed by atoms with Crippen LogP contribution in [0.5, 0.6) is 0 Å². The Hall–Kier alpha value is -1.69. The highest BCUT2D eigenvalue weighted by molar-refractivity contribution is 5.17. The zero-order valence-corrected chi connectivity index (χ0v) is 9.71. The molecule has 1 fully saturated rings. The van der Waals surface area contributed by atoms with Crippen molar-refractivity contribution in [3.8, 4) is 0 Å². The van der Waals surface area contributed by atoms with Crippen molar-refractivity contribution < 1.29 is 4.52 Å². The number of rotatable bonds is 3. The number of nitrogens with two attached hydrogens (primary N) is 1. The Kier molecular flexibility index (Phi) is 2.44. The molecule has 1 aliphatic rings. The fourth-order valence-electron chi connectivity index (χ4n) is 1.95. The van der Waals surface area contributed by atoms with Crippen LogP contribution in [0.3, 0.4) is 0 Å². The normalized spacial score (nSPS) is 18.0. The summed E-state index contributed by atoms with van der Waals surface area (Å²) >= 11 is 0. The van der Waals surface area contributed by atoms with Crippen molar-refractivity contribution >= 4 is 0 Å². The molecule has 2 aromatic rings. The Morgan fingerprint density at radius 1 is 1.53 bits per heavy atom. The number of nitrogens with zero attached hydrogens (tertiary/aromatic N) is 4. The van der Waals surface area contributed by atoms with E-state index in [2.05, 4.69) is 15.2 Å². The van der Waals surface area contributed by atoms with Crippen LogP contribution in [-0.2, 0) is 7.05 Å². The average molecular weight is 233 g/mol. The summed E-state index contributed by atoms with van der Waals surface area (Å²) in [5, 5.41) is 8.08. The highest BCUT2D eigenvalue weighted by Gasteiger charge is 2.26. The maximum absolute atomic E-state index is 6.05. The third-order valence-corrected chi connectivity index (χ3v) is 3.28. The average Bonchev–Trinajstić information content (AvgIpc) is 2.84. The lowest BCUT2D eigenvalue weighted by Gasteiger charge is -2.20. The predicted octanol–water partition coefficient (Wildman–Crippen LogP) is 1.12. The Bertz CT molecular complexity index is 513. The van der Waals surface area contributed by atoms with Crippen molar-refractivity contribution in [3.63, 3.8) is 0 Å². The predicted molar refractivity (Wildman–Crippen MR) is 60.1 cm³/mol. The van der Waals surface area contributed by atoms with Crippen molar-refractivity contribution in [2.75, 3.05) is 0 Å². The number of hydrogen-bond acceptors (Lipinski definition) is 5. The maximum atomic E-state index is 6.05. The van der Waals surface area contributed by atoms with Gasteiger partial charge in [-0.05, 0) is 12.8 Å². The first-order valence-electron chi connectivity index (χ1n) is 5.81. The Morgan fingerprint density at radius 3 is 2.94 bits per heavy atom. The fraction of sp³-hybridized carbons (Fsp3) is 0.545. The van der Waals surface area contributed by atoms with Gasteiger partial charge in [0.15, 0.2) is 5.82 Å². The van der Waals surface area contributed by atoms with E-state index in [0.717, 1.165) is 24.2 Å². The highest BCUT2D eigenvalue weighted by Crippen LogP contribution is 2.35. The summed E-state index contributed by atoms with van der Waals surface area (Å²) in [6.45, 7) is 0. The van der Waals surface area contributed by atoms with Gasteiger partial charge in [-0.2, -0.15) is 10.1 Å². The third kappa shape index (κ3) is 1.84. The molecule has 2 heterocycles. The molecular formula is C11H15N5O. The summed E-state index contributed by atoms with van der Waals surface area (Å²) in [4.78, 5) is 4.38. The van der Waals surface area contributed by atoms with Crippen LogP contribution >= 0.6 is 0 Å². The highest BCUT2D eigenvalue weighted by atomic mass is 16.5. The Morgan fingerprint density at radius 2 is 2.35 bits per heavy atom. The van der Waals surface area contributed by atoms with E-state index in [1.54, 1.807) is 10.9 Å². The van der Waals surface area contributed by atoms with Gasteiger partial charge in [0.2, 0.25) is 5.89 Å². The Labute approximate surface area is 98.8 Å². The van der Waals surface area contributed by atoms with Crippen molar-refractivity contribution in [1.29, 1.82) is 0 Å². The van der Waals surface area contributed by atoms with Gasteiger partial charge in [-0.3, -0.25) is 4.68 Å². The Balaban J connectivity index is 1.81. The van der Waals surface area contributed by atoms with Crippen LogP contribution in [0, 0.1) is 0 Å². The van der Waals surface area contributed by atoms with Gasteiger partial charge in [-0.1, -0.05) is 11.6 Å². The summed E-state index contributed by atoms with van der Waals surface area (Å²) in [5.74, 6) is 1.74. The van der Waals surface area contributed by atoms with Crippen molar-refractivity contribution in [2.45, 2.75) is 31.2 Å². The second kappa shape index (κ2) is 3.96. The zero-order valence-electron chi connectivity index (χ0n) is 9.71. The minimum absolute atomic E-state index is 0.384. The van der Waals surface area contributed by atoms with E-state index in [4.69, 9.17) is 10.3 Å². The van der Waals surface area contributed by atoms with Gasteiger partial charge in [0.1, 0.15) is 6.04 Å². The minimum Gasteiger partial charge on any atom is -0.337 e. The van der Waals surface area contributed by atoms with Gasteiger partial charge in [-0.15, -0.1) is 0 Å². The molecule has 2 aromatic heterocycles. The molecule has 0 aliphatic heterocycles. The lowest BCUT2D eigenvalue weighted by molar-refractivity contribution is 0.341. The standard InChI is InChI=1S/C11H15N5O/c1-16-6-8(5-13-16)9(12)11-14-10(15-17-11)7-3-2-4-7/h5-7,9H,2-4,12H2,1H3. The van der Waals surface area contributed by atoms with Crippen LogP contribution in [-0.4, -0.2) is 19.9 Å². The van der Waals surface area contributed by atoms with Crippen molar-refractivity contribution in [3.05, 3.63) is 29.7 Å². The van der Waals surface area contributed by atoms with E-state index in [1.165, 1.54) is 6.42 Å². The summed E-state index contributed by atoms with van der Waals surface area (Å²) in [6, 6.07) is -0.384. The lowest BCUT2D eigenvalue weighted by atomic mass is 9.85. The first-order valence-corrected chi connectivity index (χ1v) is 5.81. The van der Waals surface area contributed by atoms with Crippen LogP contribution in [0.15, 0.2) is 16.9 Å². The summed E-state index contributed by atoms with van der Waals surface area (Å²) < 4.78 is 6.93. The molecule has 90 valence electrons. The molecule has 17 heavy (non-hydrogen) atoms. The molecule has 3 rings (SSSR count). The van der Waals surface area contributed by atoms with E-state index in [9.17, 15) is 0 Å². The summed E-state index contributed by atoms with van der Waals surface area (Å²) in [7, 11) is 1.85. The largest absolute Gasteiger partial charge is 0.337 e. The number of aryl methyl sites for hydroxylation is 1. The van der Waals surface area contributed by atoms with Gasteiger partial charge in [-0.25, -0.2) is 0 Å². The van der Waals surface area contributed by atoms with E-state index in [0.29, 0.717) is 11.8 Å². The molecule has 0 bridgehead atoms. The fourth-order valence-corrected chi connectivity index (χ4v) is 1.95. The molecule has 2 N–H and O–H groups in total. The van der Waals surface area contributed by atoms with Crippen molar-refractivity contribution in [2.24, 2.45) is 12.8 Å². The van der Waals surface area contributed by atoms with Gasteiger partial charge in [0, 0.05) is 24.7 Å². The topological polar surface area (TPSA) is 82.8 Å². The molecule has 1 saturated carbocycles. The zero-order chi connectivity index (χ0) is 11.8. The summed E-state index contributed by atoms with van der Waals surface area (Å²) in [6.07, 6.45) is 7.14. The molecule has 0 saturated heterocycles. The first kappa shape index (κ1) is 10.5. The first-order chi connectivity index (χ1) is 8.24. The van der Waals surface area contributed by atoms with E-state index < -0.39 is 0 Å². The van der Waals surface area contributed by atoms with Crippen LogP contribution < -0.4 is 5.73 Å². The smallest absolute Gasteiger partial charge is 0.248 e. The number of hydrogen-bond donors (Lipinski definition) is 1. The molecule has 0 amide bonds. The molecule has 6 nitrogen and oxygen atoms in total. The lowest BCUT2D eigenvalue weighted by Crippen LogP contribution is -2.13. The molecule has 1 atom stereocenters. The third-order valence-electron chi connectivity index (χ3n) is 3.28. The van der Waals surface area contributed by atoms with Crippen LogP contribution in [0.2, 0.25) is 0 Å². The van der Waals surface area contributed by atoms with E-state index in [-0.39, 0.29) is 6.04 Å². The monoisotopic (exact) mass is 233 g/mol. The SMILES string of the molecule is Cn1cc(C(N)c2nc(C3CCC3)no2)cn1. The van der Waals surface area contributed by atoms with Crippen LogP contribution in [0.4, 0.5) is 0 Å².